The normalized spacial score (nSPS) is 16.1. The van der Waals surface area contributed by atoms with Gasteiger partial charge in [0.15, 0.2) is 11.6 Å². The Bertz CT molecular complexity index is 2260. The van der Waals surface area contributed by atoms with E-state index in [1.54, 1.807) is 26.2 Å². The predicted octanol–water partition coefficient (Wildman–Crippen LogP) is 6.26. The number of nitrogens with one attached hydrogen (secondary N) is 2. The number of thiophene rings is 1. The van der Waals surface area contributed by atoms with Crippen molar-refractivity contribution in [3.8, 4) is 6.07 Å². The second-order valence-electron chi connectivity index (χ2n) is 13.3. The summed E-state index contributed by atoms with van der Waals surface area (Å²) >= 11 is 6.53. The minimum Gasteiger partial charge on any atom is -0.397 e. The van der Waals surface area contributed by atoms with Crippen LogP contribution in [0.5, 0.6) is 0 Å². The summed E-state index contributed by atoms with van der Waals surface area (Å²) in [7, 11) is 0. The van der Waals surface area contributed by atoms with Gasteiger partial charge in [-0.2, -0.15) is 5.26 Å². The number of Topliss-reactive ketones (excluding diaryl/α,β-unsaturated/α-hetero) is 2. The van der Waals surface area contributed by atoms with Crippen LogP contribution in [0.1, 0.15) is 74.2 Å². The Kier molecular flexibility index (Phi) is 12.0. The molecule has 2 aromatic carbocycles. The van der Waals surface area contributed by atoms with Crippen LogP contribution < -0.4 is 31.5 Å². The molecule has 278 valence electrons. The highest BCUT2D eigenvalue weighted by Gasteiger charge is 2.26. The van der Waals surface area contributed by atoms with Gasteiger partial charge in [0.2, 0.25) is 0 Å². The average Bonchev–Trinajstić information content (AvgIpc) is 3.35. The molecular weight excluding hydrogens is 719 g/mol. The number of primary amides is 1. The number of anilines is 4. The van der Waals surface area contributed by atoms with Crippen molar-refractivity contribution in [3.05, 3.63) is 105 Å². The molecule has 1 unspecified atom stereocenters. The molecule has 5 aromatic rings. The SMILES string of the molecule is CC(=O)c1ccc(C2CNCCCN2c2cc[nH]c(=S)c2C#N)cc1.CC(=O)c1ccc(N2CCCN(c3ccnc4sc(C(N)=O)c(N)c34)CC2)cc1. The lowest BCUT2D eigenvalue weighted by Crippen LogP contribution is -2.33. The van der Waals surface area contributed by atoms with Gasteiger partial charge >= 0.3 is 0 Å². The van der Waals surface area contributed by atoms with Gasteiger partial charge in [-0.05, 0) is 75.2 Å². The van der Waals surface area contributed by atoms with E-state index in [0.717, 1.165) is 97.1 Å². The largest absolute Gasteiger partial charge is 0.397 e. The molecule has 5 heterocycles. The number of nitriles is 1. The molecule has 1 atom stereocenters. The van der Waals surface area contributed by atoms with Crippen LogP contribution in [-0.4, -0.2) is 73.3 Å². The molecule has 14 heteroatoms. The molecule has 54 heavy (non-hydrogen) atoms. The molecule has 1 amide bonds. The van der Waals surface area contributed by atoms with Crippen molar-refractivity contribution in [1.29, 1.82) is 5.26 Å². The standard InChI is InChI=1S/C21H23N5O2S.C19H20N4OS/c1-13(27)14-3-5-15(6-4-14)25-9-2-10-26(12-11-25)16-7-8-24-21-17(16)18(22)19(29-21)20(23)28;1-13(24)14-3-5-15(6-4-14)18-12-21-8-2-10-23(18)17-7-9-22-19(25)16(17)11-20/h3-8H,2,9-12,22H2,1H3,(H2,23,28);3-7,9,18,21H,2,8,10,12H2,1H3,(H,22,25). The molecule has 0 saturated carbocycles. The van der Waals surface area contributed by atoms with E-state index < -0.39 is 5.91 Å². The Morgan fingerprint density at radius 2 is 1.56 bits per heavy atom. The average molecular weight is 762 g/mol. The first-order valence-corrected chi connectivity index (χ1v) is 19.1. The number of hydrogen-bond donors (Lipinski definition) is 4. The molecule has 0 radical (unpaired) electrons. The van der Waals surface area contributed by atoms with Gasteiger partial charge in [0.25, 0.3) is 5.91 Å². The number of ketones is 2. The third-order valence-electron chi connectivity index (χ3n) is 9.83. The smallest absolute Gasteiger partial charge is 0.260 e. The van der Waals surface area contributed by atoms with Crippen molar-refractivity contribution in [3.63, 3.8) is 0 Å². The number of nitrogens with zero attached hydrogens (tertiary/aromatic N) is 5. The zero-order valence-electron chi connectivity index (χ0n) is 30.3. The number of rotatable bonds is 7. The second-order valence-corrected chi connectivity index (χ2v) is 14.7. The van der Waals surface area contributed by atoms with Gasteiger partial charge in [-0.25, -0.2) is 4.98 Å². The zero-order valence-corrected chi connectivity index (χ0v) is 31.9. The molecule has 2 fully saturated rings. The fraction of sp³-hybridized carbons (Fsp3) is 0.300. The van der Waals surface area contributed by atoms with Crippen molar-refractivity contribution in [1.82, 2.24) is 15.3 Å². The van der Waals surface area contributed by atoms with E-state index in [1.807, 2.05) is 60.7 Å². The minimum absolute atomic E-state index is 0.0588. The number of aromatic nitrogens is 2. The van der Waals surface area contributed by atoms with E-state index in [2.05, 4.69) is 36.1 Å². The first-order chi connectivity index (χ1) is 26.1. The summed E-state index contributed by atoms with van der Waals surface area (Å²) in [6, 6.07) is 21.7. The highest BCUT2D eigenvalue weighted by atomic mass is 32.1. The number of fused-ring (bicyclic) bond motifs is 1. The Labute approximate surface area is 323 Å². The summed E-state index contributed by atoms with van der Waals surface area (Å²) in [5, 5.41) is 13.8. The van der Waals surface area contributed by atoms with Crippen LogP contribution in [0.15, 0.2) is 73.1 Å². The van der Waals surface area contributed by atoms with E-state index in [1.165, 1.54) is 11.3 Å². The maximum Gasteiger partial charge on any atom is 0.260 e. The van der Waals surface area contributed by atoms with Crippen LogP contribution in [0.4, 0.5) is 22.7 Å². The molecular formula is C40H43N9O3S2. The van der Waals surface area contributed by atoms with Crippen LogP contribution in [-0.2, 0) is 0 Å². The molecule has 6 N–H and O–H groups in total. The number of amides is 1. The summed E-state index contributed by atoms with van der Waals surface area (Å²) < 4.78 is 0.461. The summed E-state index contributed by atoms with van der Waals surface area (Å²) in [4.78, 5) is 50.0. The van der Waals surface area contributed by atoms with Gasteiger partial charge in [0, 0.05) is 68.5 Å². The lowest BCUT2D eigenvalue weighted by Gasteiger charge is -2.33. The predicted molar refractivity (Wildman–Crippen MR) is 218 cm³/mol. The maximum atomic E-state index is 11.7. The molecule has 0 bridgehead atoms. The number of carbonyl (C=O) groups excluding carboxylic acids is 3. The summed E-state index contributed by atoms with van der Waals surface area (Å²) in [6.45, 7) is 9.14. The Morgan fingerprint density at radius 1 is 0.889 bits per heavy atom. The molecule has 2 aliphatic heterocycles. The second kappa shape index (κ2) is 17.0. The summed E-state index contributed by atoms with van der Waals surface area (Å²) in [6.07, 6.45) is 5.50. The van der Waals surface area contributed by atoms with E-state index in [9.17, 15) is 19.6 Å². The molecule has 2 saturated heterocycles. The van der Waals surface area contributed by atoms with Gasteiger partial charge < -0.3 is 36.5 Å². The monoisotopic (exact) mass is 761 g/mol. The topological polar surface area (TPSA) is 177 Å². The lowest BCUT2D eigenvalue weighted by atomic mass is 10.0. The van der Waals surface area contributed by atoms with Gasteiger partial charge in [-0.15, -0.1) is 11.3 Å². The number of benzene rings is 2. The van der Waals surface area contributed by atoms with Crippen LogP contribution in [0.25, 0.3) is 10.2 Å². The fourth-order valence-corrected chi connectivity index (χ4v) is 8.17. The lowest BCUT2D eigenvalue weighted by molar-refractivity contribution is 0.0998. The first-order valence-electron chi connectivity index (χ1n) is 17.8. The van der Waals surface area contributed by atoms with Crippen LogP contribution >= 0.6 is 23.6 Å². The Morgan fingerprint density at radius 3 is 2.22 bits per heavy atom. The van der Waals surface area contributed by atoms with Crippen LogP contribution in [0.3, 0.4) is 0 Å². The Hall–Kier alpha value is -5.62. The van der Waals surface area contributed by atoms with Crippen molar-refractivity contribution < 1.29 is 14.4 Å². The number of hydrogen-bond acceptors (Lipinski definition) is 12. The Balaban J connectivity index is 0.000000186. The minimum atomic E-state index is -0.521. The van der Waals surface area contributed by atoms with Crippen molar-refractivity contribution >= 4 is 74.0 Å². The van der Waals surface area contributed by atoms with Crippen LogP contribution in [0, 0.1) is 16.0 Å². The molecule has 0 aliphatic carbocycles. The van der Waals surface area contributed by atoms with Gasteiger partial charge in [-0.1, -0.05) is 36.5 Å². The van der Waals surface area contributed by atoms with E-state index >= 15 is 0 Å². The van der Waals surface area contributed by atoms with Crippen molar-refractivity contribution in [2.75, 3.05) is 66.2 Å². The summed E-state index contributed by atoms with van der Waals surface area (Å²) in [5.41, 5.74) is 18.1. The van der Waals surface area contributed by atoms with Gasteiger partial charge in [0.1, 0.15) is 26.0 Å². The molecule has 12 nitrogen and oxygen atoms in total. The summed E-state index contributed by atoms with van der Waals surface area (Å²) in [5.74, 6) is -0.389. The fourth-order valence-electron chi connectivity index (χ4n) is 7.02. The van der Waals surface area contributed by atoms with Crippen LogP contribution in [0.2, 0.25) is 0 Å². The van der Waals surface area contributed by atoms with E-state index in [-0.39, 0.29) is 17.6 Å². The molecule has 2 aliphatic rings. The van der Waals surface area contributed by atoms with Gasteiger partial charge in [-0.3, -0.25) is 14.4 Å². The number of nitrogen functional groups attached to an aromatic ring is 1. The van der Waals surface area contributed by atoms with Gasteiger partial charge in [0.05, 0.1) is 28.5 Å². The third kappa shape index (κ3) is 8.28. The molecule has 3 aromatic heterocycles. The zero-order chi connectivity index (χ0) is 38.4. The number of carbonyl (C=O) groups is 3. The van der Waals surface area contributed by atoms with Crippen molar-refractivity contribution in [2.45, 2.75) is 32.7 Å². The maximum absolute atomic E-state index is 11.7. The van der Waals surface area contributed by atoms with Crippen molar-refractivity contribution in [2.24, 2.45) is 5.73 Å². The number of nitrogens with two attached hydrogens (primary N) is 2. The highest BCUT2D eigenvalue weighted by molar-refractivity contribution is 7.71. The highest BCUT2D eigenvalue weighted by Crippen LogP contribution is 2.39. The van der Waals surface area contributed by atoms with E-state index in [0.29, 0.717) is 26.3 Å². The molecule has 7 rings (SSSR count). The quantitative estimate of drug-likeness (QED) is 0.109. The van der Waals surface area contributed by atoms with E-state index in [4.69, 9.17) is 23.7 Å². The third-order valence-corrected chi connectivity index (χ3v) is 11.3. The number of H-pyrrole nitrogens is 1. The first kappa shape index (κ1) is 38.1. The molecule has 0 spiro atoms. The number of pyridine rings is 2. The number of aromatic amines is 1.